The molecule has 0 fully saturated rings. The number of ether oxygens (including phenoxy) is 1. The molecule has 6 nitrogen and oxygen atoms in total. The first-order chi connectivity index (χ1) is 9.06. The lowest BCUT2D eigenvalue weighted by molar-refractivity contribution is 0.0690. The lowest BCUT2D eigenvalue weighted by Gasteiger charge is -2.09. The first-order valence-electron chi connectivity index (χ1n) is 5.75. The van der Waals surface area contributed by atoms with Crippen molar-refractivity contribution in [2.24, 2.45) is 0 Å². The van der Waals surface area contributed by atoms with Crippen LogP contribution in [0, 0.1) is 0 Å². The van der Waals surface area contributed by atoms with Crippen molar-refractivity contribution in [2.45, 2.75) is 13.3 Å². The van der Waals surface area contributed by atoms with E-state index in [0.29, 0.717) is 17.0 Å². The molecule has 0 unspecified atom stereocenters. The predicted molar refractivity (Wildman–Crippen MR) is 68.6 cm³/mol. The summed E-state index contributed by atoms with van der Waals surface area (Å²) in [6.45, 7) is 1.98. The van der Waals surface area contributed by atoms with Crippen LogP contribution in [0.5, 0.6) is 11.5 Å². The minimum Gasteiger partial charge on any atom is -0.504 e. The van der Waals surface area contributed by atoms with Gasteiger partial charge in [-0.3, -0.25) is 5.10 Å². The van der Waals surface area contributed by atoms with Gasteiger partial charge < -0.3 is 14.9 Å². The molecule has 0 aliphatic rings. The highest BCUT2D eigenvalue weighted by atomic mass is 16.5. The largest absolute Gasteiger partial charge is 0.504 e. The second-order valence-electron chi connectivity index (χ2n) is 4.02. The Balaban J connectivity index is 2.56. The molecular weight excluding hydrogens is 248 g/mol. The van der Waals surface area contributed by atoms with Crippen LogP contribution in [0.2, 0.25) is 0 Å². The summed E-state index contributed by atoms with van der Waals surface area (Å²) in [6, 6.07) is 4.87. The number of aryl methyl sites for hydroxylation is 1. The standard InChI is InChI=1S/C13H14N2O4/c1-3-7-4-8(12(16)11(5-7)19-2)9-6-10(13(17)18)15-14-9/h4-6,16H,3H2,1-2H3,(H,14,15)(H,17,18). The van der Waals surface area contributed by atoms with Crippen LogP contribution in [-0.2, 0) is 6.42 Å². The third kappa shape index (κ3) is 2.37. The maximum Gasteiger partial charge on any atom is 0.353 e. The summed E-state index contributed by atoms with van der Waals surface area (Å²) < 4.78 is 5.10. The van der Waals surface area contributed by atoms with E-state index in [2.05, 4.69) is 10.2 Å². The van der Waals surface area contributed by atoms with Crippen LogP contribution in [0.4, 0.5) is 0 Å². The molecule has 0 spiro atoms. The zero-order chi connectivity index (χ0) is 14.0. The van der Waals surface area contributed by atoms with Crippen molar-refractivity contribution in [3.63, 3.8) is 0 Å². The van der Waals surface area contributed by atoms with Gasteiger partial charge in [-0.05, 0) is 30.2 Å². The van der Waals surface area contributed by atoms with E-state index in [1.165, 1.54) is 13.2 Å². The van der Waals surface area contributed by atoms with Crippen LogP contribution < -0.4 is 4.74 Å². The third-order valence-electron chi connectivity index (χ3n) is 2.85. The Morgan fingerprint density at radius 2 is 2.16 bits per heavy atom. The van der Waals surface area contributed by atoms with E-state index >= 15 is 0 Å². The van der Waals surface area contributed by atoms with Gasteiger partial charge in [0.1, 0.15) is 5.69 Å². The number of nitrogens with one attached hydrogen (secondary N) is 1. The van der Waals surface area contributed by atoms with Crippen LogP contribution >= 0.6 is 0 Å². The fraction of sp³-hybridized carbons (Fsp3) is 0.231. The fourth-order valence-corrected chi connectivity index (χ4v) is 1.79. The Morgan fingerprint density at radius 1 is 1.42 bits per heavy atom. The number of nitrogens with zero attached hydrogens (tertiary/aromatic N) is 1. The van der Waals surface area contributed by atoms with Gasteiger partial charge in [0.15, 0.2) is 11.5 Å². The molecule has 1 heterocycles. The molecule has 6 heteroatoms. The summed E-state index contributed by atoms with van der Waals surface area (Å²) in [6.07, 6.45) is 0.764. The molecule has 2 aromatic rings. The summed E-state index contributed by atoms with van der Waals surface area (Å²) in [5, 5.41) is 25.2. The van der Waals surface area contributed by atoms with Gasteiger partial charge in [0.25, 0.3) is 0 Å². The zero-order valence-corrected chi connectivity index (χ0v) is 10.6. The van der Waals surface area contributed by atoms with Crippen LogP contribution in [0.15, 0.2) is 18.2 Å². The Hall–Kier alpha value is -2.50. The monoisotopic (exact) mass is 262 g/mol. The average Bonchev–Trinajstić information content (AvgIpc) is 2.88. The second kappa shape index (κ2) is 5.01. The normalized spacial score (nSPS) is 10.4. The number of hydrogen-bond acceptors (Lipinski definition) is 4. The summed E-state index contributed by atoms with van der Waals surface area (Å²) in [4.78, 5) is 10.8. The summed E-state index contributed by atoms with van der Waals surface area (Å²) in [5.41, 5.74) is 1.74. The SMILES string of the molecule is CCc1cc(OC)c(O)c(-c2cc(C(=O)O)[nH]n2)c1. The molecule has 0 saturated carbocycles. The Labute approximate surface area is 109 Å². The van der Waals surface area contributed by atoms with Crippen molar-refractivity contribution in [1.29, 1.82) is 0 Å². The number of benzene rings is 1. The van der Waals surface area contributed by atoms with Gasteiger partial charge in [0.05, 0.1) is 12.8 Å². The van der Waals surface area contributed by atoms with Crippen molar-refractivity contribution in [2.75, 3.05) is 7.11 Å². The van der Waals surface area contributed by atoms with E-state index in [9.17, 15) is 9.90 Å². The maximum atomic E-state index is 10.8. The first-order valence-corrected chi connectivity index (χ1v) is 5.75. The molecule has 0 bridgehead atoms. The maximum absolute atomic E-state index is 10.8. The molecular formula is C13H14N2O4. The summed E-state index contributed by atoms with van der Waals surface area (Å²) in [5.74, 6) is -0.811. The number of H-pyrrole nitrogens is 1. The van der Waals surface area contributed by atoms with E-state index in [1.54, 1.807) is 12.1 Å². The molecule has 3 N–H and O–H groups in total. The van der Waals surface area contributed by atoms with E-state index in [4.69, 9.17) is 9.84 Å². The Morgan fingerprint density at radius 3 is 2.68 bits per heavy atom. The van der Waals surface area contributed by atoms with Crippen LogP contribution in [0.3, 0.4) is 0 Å². The van der Waals surface area contributed by atoms with E-state index in [-0.39, 0.29) is 11.4 Å². The van der Waals surface area contributed by atoms with Gasteiger partial charge in [-0.2, -0.15) is 5.10 Å². The Bertz CT molecular complexity index is 619. The summed E-state index contributed by atoms with van der Waals surface area (Å²) in [7, 11) is 1.46. The zero-order valence-electron chi connectivity index (χ0n) is 10.6. The van der Waals surface area contributed by atoms with Gasteiger partial charge in [-0.15, -0.1) is 0 Å². The minimum atomic E-state index is -1.10. The number of carboxylic acids is 1. The molecule has 0 atom stereocenters. The average molecular weight is 262 g/mol. The molecule has 19 heavy (non-hydrogen) atoms. The summed E-state index contributed by atoms with van der Waals surface area (Å²) >= 11 is 0. The first kappa shape index (κ1) is 12.9. The third-order valence-corrected chi connectivity index (χ3v) is 2.85. The number of methoxy groups -OCH3 is 1. The minimum absolute atomic E-state index is 0.0322. The molecule has 100 valence electrons. The molecule has 2 rings (SSSR count). The quantitative estimate of drug-likeness (QED) is 0.783. The molecule has 0 radical (unpaired) electrons. The number of carbonyl (C=O) groups is 1. The van der Waals surface area contributed by atoms with Crippen LogP contribution in [0.25, 0.3) is 11.3 Å². The predicted octanol–water partition coefficient (Wildman–Crippen LogP) is 2.05. The van der Waals surface area contributed by atoms with Crippen LogP contribution in [-0.4, -0.2) is 33.5 Å². The van der Waals surface area contributed by atoms with Crippen molar-refractivity contribution in [3.05, 3.63) is 29.5 Å². The van der Waals surface area contributed by atoms with Gasteiger partial charge in [-0.1, -0.05) is 6.92 Å². The van der Waals surface area contributed by atoms with Crippen molar-refractivity contribution < 1.29 is 19.7 Å². The number of aromatic amines is 1. The fourth-order valence-electron chi connectivity index (χ4n) is 1.79. The highest BCUT2D eigenvalue weighted by Gasteiger charge is 2.16. The van der Waals surface area contributed by atoms with Gasteiger partial charge in [-0.25, -0.2) is 4.79 Å². The van der Waals surface area contributed by atoms with Crippen molar-refractivity contribution in [1.82, 2.24) is 10.2 Å². The molecule has 1 aromatic carbocycles. The smallest absolute Gasteiger partial charge is 0.353 e. The molecule has 0 saturated heterocycles. The molecule has 0 aliphatic heterocycles. The molecule has 0 aliphatic carbocycles. The van der Waals surface area contributed by atoms with Gasteiger partial charge in [0.2, 0.25) is 0 Å². The highest BCUT2D eigenvalue weighted by Crippen LogP contribution is 2.37. The highest BCUT2D eigenvalue weighted by molar-refractivity contribution is 5.87. The lowest BCUT2D eigenvalue weighted by Crippen LogP contribution is -1.95. The van der Waals surface area contributed by atoms with Crippen molar-refractivity contribution in [3.8, 4) is 22.8 Å². The molecule has 1 aromatic heterocycles. The van der Waals surface area contributed by atoms with Crippen molar-refractivity contribution >= 4 is 5.97 Å². The number of aromatic carboxylic acids is 1. The van der Waals surface area contributed by atoms with E-state index in [1.807, 2.05) is 6.92 Å². The number of hydrogen-bond donors (Lipinski definition) is 3. The van der Waals surface area contributed by atoms with E-state index < -0.39 is 5.97 Å². The second-order valence-corrected chi connectivity index (χ2v) is 4.02. The topological polar surface area (TPSA) is 95.4 Å². The van der Waals surface area contributed by atoms with Gasteiger partial charge >= 0.3 is 5.97 Å². The van der Waals surface area contributed by atoms with E-state index in [0.717, 1.165) is 12.0 Å². The number of rotatable bonds is 4. The molecule has 0 amide bonds. The Kier molecular flexibility index (Phi) is 3.41. The number of phenolic OH excluding ortho intramolecular Hbond substituents is 1. The van der Waals surface area contributed by atoms with Crippen LogP contribution in [0.1, 0.15) is 23.0 Å². The number of aromatic hydroxyl groups is 1. The number of phenols is 1. The number of carboxylic acid groups (broad SMARTS) is 1. The number of aromatic nitrogens is 2. The van der Waals surface area contributed by atoms with Gasteiger partial charge in [0, 0.05) is 5.56 Å². The lowest BCUT2D eigenvalue weighted by atomic mass is 10.0.